The van der Waals surface area contributed by atoms with Gasteiger partial charge in [-0.05, 0) is 36.4 Å². The third kappa shape index (κ3) is 5.58. The number of alkyl halides is 6. The second kappa shape index (κ2) is 8.90. The number of nitrogens with zero attached hydrogens (tertiary/aromatic N) is 2. The van der Waals surface area contributed by atoms with Crippen LogP contribution in [0.3, 0.4) is 0 Å². The minimum atomic E-state index is -4.56. The highest BCUT2D eigenvalue weighted by atomic mass is 127. The highest BCUT2D eigenvalue weighted by Crippen LogP contribution is 2.37. The van der Waals surface area contributed by atoms with E-state index in [1.807, 2.05) is 0 Å². The van der Waals surface area contributed by atoms with Gasteiger partial charge < -0.3 is 16.4 Å². The van der Waals surface area contributed by atoms with Gasteiger partial charge in [0.25, 0.3) is 0 Å². The molecule has 0 aliphatic carbocycles. The lowest BCUT2D eigenvalue weighted by Crippen LogP contribution is -2.15. The van der Waals surface area contributed by atoms with Crippen LogP contribution in [0, 0.1) is 0 Å². The van der Waals surface area contributed by atoms with E-state index in [4.69, 9.17) is 5.73 Å². The molecule has 0 unspecified atom stereocenters. The van der Waals surface area contributed by atoms with Crippen molar-refractivity contribution in [3.63, 3.8) is 0 Å². The molecule has 2 aromatic carbocycles. The molecule has 0 saturated carbocycles. The summed E-state index contributed by atoms with van der Waals surface area (Å²) in [4.78, 5) is 4.19. The van der Waals surface area contributed by atoms with E-state index in [-0.39, 0.29) is 27.3 Å². The van der Waals surface area contributed by atoms with Crippen molar-refractivity contribution in [1.82, 2.24) is 4.98 Å². The van der Waals surface area contributed by atoms with E-state index in [2.05, 4.69) is 18.8 Å². The number of hydrogen-bond donors (Lipinski definition) is 3. The van der Waals surface area contributed by atoms with E-state index in [0.29, 0.717) is 5.69 Å². The predicted octanol–water partition coefficient (Wildman–Crippen LogP) is 6.72. The van der Waals surface area contributed by atoms with Crippen LogP contribution in [0.5, 0.6) is 0 Å². The van der Waals surface area contributed by atoms with Gasteiger partial charge in [-0.1, -0.05) is 23.5 Å². The summed E-state index contributed by atoms with van der Waals surface area (Å²) >= 11 is 2.55. The first kappa shape index (κ1) is 23.1. The van der Waals surface area contributed by atoms with Gasteiger partial charge in [0, 0.05) is 5.69 Å². The molecule has 0 bridgehead atoms. The number of benzene rings is 2. The number of thiazole rings is 1. The van der Waals surface area contributed by atoms with Crippen molar-refractivity contribution in [2.24, 2.45) is 3.21 Å². The fraction of sp³-hybridized carbons (Fsp3) is 0.111. The number of amidine groups is 1. The first-order valence-electron chi connectivity index (χ1n) is 8.32. The molecule has 0 aliphatic heterocycles. The van der Waals surface area contributed by atoms with Crippen molar-refractivity contribution in [1.29, 1.82) is 0 Å². The van der Waals surface area contributed by atoms with Crippen molar-refractivity contribution < 1.29 is 26.3 Å². The molecule has 0 spiro atoms. The average molecular weight is 571 g/mol. The Labute approximate surface area is 189 Å². The van der Waals surface area contributed by atoms with Crippen LogP contribution in [-0.2, 0) is 12.4 Å². The zero-order valence-electron chi connectivity index (χ0n) is 15.1. The molecule has 0 atom stereocenters. The lowest BCUT2D eigenvalue weighted by Gasteiger charge is -2.12. The quantitative estimate of drug-likeness (QED) is 0.141. The molecule has 0 aliphatic rings. The van der Waals surface area contributed by atoms with E-state index in [9.17, 15) is 26.3 Å². The molecule has 5 nitrogen and oxygen atoms in total. The average Bonchev–Trinajstić information content (AvgIpc) is 3.05. The zero-order chi connectivity index (χ0) is 22.8. The Morgan fingerprint density at radius 1 is 0.968 bits per heavy atom. The maximum atomic E-state index is 13.2. The summed E-state index contributed by atoms with van der Waals surface area (Å²) in [6.45, 7) is 0. The van der Waals surface area contributed by atoms with Gasteiger partial charge in [-0.25, -0.2) is 4.98 Å². The van der Waals surface area contributed by atoms with Crippen molar-refractivity contribution in [2.75, 3.05) is 16.4 Å². The van der Waals surface area contributed by atoms with Crippen LogP contribution < -0.4 is 16.4 Å². The lowest BCUT2D eigenvalue weighted by atomic mass is 10.2. The van der Waals surface area contributed by atoms with Crippen LogP contribution in [-0.4, -0.2) is 10.8 Å². The van der Waals surface area contributed by atoms with E-state index in [0.717, 1.165) is 29.5 Å². The molecule has 1 heterocycles. The molecular formula is C18H12F6IN5S. The van der Waals surface area contributed by atoms with Crippen LogP contribution >= 0.6 is 34.2 Å². The van der Waals surface area contributed by atoms with Crippen molar-refractivity contribution in [2.45, 2.75) is 12.4 Å². The Bertz CT molecular complexity index is 1090. The molecule has 4 N–H and O–H groups in total. The Balaban J connectivity index is 1.83. The van der Waals surface area contributed by atoms with Gasteiger partial charge in [0.05, 0.1) is 39.7 Å². The molecule has 0 fully saturated rings. The number of nitrogens with two attached hydrogens (primary N) is 1. The van der Waals surface area contributed by atoms with Gasteiger partial charge in [0.1, 0.15) is 10.7 Å². The van der Waals surface area contributed by atoms with Crippen LogP contribution in [0.15, 0.2) is 51.7 Å². The molecule has 0 radical (unpaired) electrons. The summed E-state index contributed by atoms with van der Waals surface area (Å²) in [6.07, 6.45) is -9.03. The third-order valence-corrected chi connectivity index (χ3v) is 5.19. The Morgan fingerprint density at radius 2 is 1.61 bits per heavy atom. The van der Waals surface area contributed by atoms with Crippen LogP contribution in [0.1, 0.15) is 16.8 Å². The largest absolute Gasteiger partial charge is 0.418 e. The molecular weight excluding hydrogens is 559 g/mol. The molecule has 0 saturated heterocycles. The number of para-hydroxylation sites is 1. The van der Waals surface area contributed by atoms with Gasteiger partial charge >= 0.3 is 12.4 Å². The van der Waals surface area contributed by atoms with E-state index in [1.165, 1.54) is 30.3 Å². The van der Waals surface area contributed by atoms with Crippen molar-refractivity contribution in [3.05, 3.63) is 65.4 Å². The standard InChI is InChI=1S/C18H12F6IN5S/c19-17(20,21)9-5-7-10(8-6-9)27-15(30-25)13-14(26)31-16(29-13)28-12-4-2-1-3-11(12)18(22,23)24/h1-8H,26H2,(H,27,30)(H,28,29). The summed E-state index contributed by atoms with van der Waals surface area (Å²) in [6, 6.07) is 9.14. The monoisotopic (exact) mass is 571 g/mol. The zero-order valence-corrected chi connectivity index (χ0v) is 18.1. The van der Waals surface area contributed by atoms with Crippen LogP contribution in [0.25, 0.3) is 0 Å². The fourth-order valence-corrected chi connectivity index (χ4v) is 3.60. The maximum absolute atomic E-state index is 13.2. The number of anilines is 4. The Kier molecular flexibility index (Phi) is 6.64. The number of aromatic nitrogens is 1. The van der Waals surface area contributed by atoms with Crippen LogP contribution in [0.4, 0.5) is 47.8 Å². The van der Waals surface area contributed by atoms with E-state index in [1.54, 1.807) is 22.9 Å². The normalized spacial score (nSPS) is 12.7. The first-order valence-corrected chi connectivity index (χ1v) is 10.1. The first-order chi connectivity index (χ1) is 14.5. The molecule has 1 aromatic heterocycles. The van der Waals surface area contributed by atoms with Gasteiger partial charge in [0.2, 0.25) is 0 Å². The van der Waals surface area contributed by atoms with Gasteiger partial charge in [-0.15, -0.1) is 0 Å². The van der Waals surface area contributed by atoms with Crippen molar-refractivity contribution in [3.8, 4) is 0 Å². The van der Waals surface area contributed by atoms with Gasteiger partial charge in [-0.3, -0.25) is 0 Å². The molecule has 0 amide bonds. The molecule has 13 heteroatoms. The maximum Gasteiger partial charge on any atom is 0.418 e. The van der Waals surface area contributed by atoms with E-state index < -0.39 is 23.5 Å². The molecule has 164 valence electrons. The smallest absolute Gasteiger partial charge is 0.389 e. The predicted molar refractivity (Wildman–Crippen MR) is 117 cm³/mol. The number of nitrogen functional groups attached to an aromatic ring is 1. The summed E-state index contributed by atoms with van der Waals surface area (Å²) in [7, 11) is 0. The topological polar surface area (TPSA) is 75.3 Å². The number of nitrogens with one attached hydrogen (secondary N) is 2. The summed E-state index contributed by atoms with van der Waals surface area (Å²) in [5.74, 6) is 0.131. The SMILES string of the molecule is Nc1sc(Nc2ccccc2C(F)(F)F)nc1C(=NI)Nc1ccc(C(F)(F)F)cc1. The number of hydrogen-bond acceptors (Lipinski definition) is 5. The molecule has 31 heavy (non-hydrogen) atoms. The highest BCUT2D eigenvalue weighted by Gasteiger charge is 2.33. The Hall–Kier alpha value is -2.55. The third-order valence-electron chi connectivity index (χ3n) is 3.91. The minimum Gasteiger partial charge on any atom is -0.389 e. The van der Waals surface area contributed by atoms with E-state index >= 15 is 0 Å². The fourth-order valence-electron chi connectivity index (χ4n) is 2.51. The lowest BCUT2D eigenvalue weighted by molar-refractivity contribution is -0.138. The number of rotatable bonds is 4. The summed E-state index contributed by atoms with van der Waals surface area (Å²) in [5, 5.41) is 5.66. The van der Waals surface area contributed by atoms with Crippen LogP contribution in [0.2, 0.25) is 0 Å². The minimum absolute atomic E-state index is 0.0935. The number of halogens is 7. The molecule has 3 rings (SSSR count). The summed E-state index contributed by atoms with van der Waals surface area (Å²) < 4.78 is 81.6. The highest BCUT2D eigenvalue weighted by molar-refractivity contribution is 14.1. The second-order valence-corrected chi connectivity index (χ2v) is 7.55. The van der Waals surface area contributed by atoms with Crippen molar-refractivity contribution >= 4 is 61.5 Å². The molecule has 3 aromatic rings. The van der Waals surface area contributed by atoms with Gasteiger partial charge in [-0.2, -0.15) is 29.5 Å². The Morgan fingerprint density at radius 3 is 2.19 bits per heavy atom. The summed E-state index contributed by atoms with van der Waals surface area (Å²) in [5.41, 5.74) is 4.52. The second-order valence-electron chi connectivity index (χ2n) is 6.03. The van der Waals surface area contributed by atoms with Gasteiger partial charge in [0.15, 0.2) is 11.0 Å².